The van der Waals surface area contributed by atoms with E-state index in [1.165, 1.54) is 0 Å². The monoisotopic (exact) mass is 303 g/mol. The zero-order valence-corrected chi connectivity index (χ0v) is 12.1. The number of aromatic nitrogens is 1. The molecule has 2 aromatic rings. The Labute approximate surface area is 120 Å². The molecule has 0 aliphatic rings. The average molecular weight is 305 g/mol. The van der Waals surface area contributed by atoms with E-state index in [9.17, 15) is 4.79 Å². The molecule has 0 saturated heterocycles. The zero-order valence-electron chi connectivity index (χ0n) is 9.84. The second-order valence-electron chi connectivity index (χ2n) is 4.09. The van der Waals surface area contributed by atoms with Gasteiger partial charge in [0.15, 0.2) is 6.29 Å². The van der Waals surface area contributed by atoms with Gasteiger partial charge in [0, 0.05) is 11.9 Å². The normalized spacial score (nSPS) is 11.1. The van der Waals surface area contributed by atoms with Crippen molar-refractivity contribution in [2.45, 2.75) is 26.3 Å². The van der Waals surface area contributed by atoms with Gasteiger partial charge in [-0.3, -0.25) is 4.79 Å². The fourth-order valence-corrected chi connectivity index (χ4v) is 2.75. The van der Waals surface area contributed by atoms with Gasteiger partial charge in [0.2, 0.25) is 0 Å². The minimum absolute atomic E-state index is 0.428. The van der Waals surface area contributed by atoms with E-state index in [2.05, 4.69) is 6.92 Å². The first kappa shape index (κ1) is 13.7. The van der Waals surface area contributed by atoms with Crippen molar-refractivity contribution in [3.63, 3.8) is 0 Å². The minimum Gasteiger partial charge on any atom is -0.330 e. The summed E-state index contributed by atoms with van der Waals surface area (Å²) < 4.78 is 1.86. The molecule has 0 atom stereocenters. The van der Waals surface area contributed by atoms with Crippen LogP contribution in [0.5, 0.6) is 0 Å². The maximum absolute atomic E-state index is 11.2. The number of aryl methyl sites for hydroxylation is 1. The van der Waals surface area contributed by atoms with Crippen LogP contribution in [0.25, 0.3) is 10.9 Å². The van der Waals surface area contributed by atoms with Gasteiger partial charge in [-0.1, -0.05) is 54.2 Å². The second kappa shape index (κ2) is 5.52. The minimum atomic E-state index is 0.428. The summed E-state index contributed by atoms with van der Waals surface area (Å²) in [4.78, 5) is 11.2. The number of benzene rings is 1. The number of carbonyl (C=O) groups is 1. The number of fused-ring (bicyclic) bond motifs is 1. The summed E-state index contributed by atoms with van der Waals surface area (Å²) in [6, 6.07) is 3.46. The first-order chi connectivity index (χ1) is 8.61. The van der Waals surface area contributed by atoms with E-state index in [-0.39, 0.29) is 0 Å². The summed E-state index contributed by atoms with van der Waals surface area (Å²) in [6.07, 6.45) is 2.76. The number of hydrogen-bond acceptors (Lipinski definition) is 1. The molecule has 0 bridgehead atoms. The molecule has 5 heteroatoms. The van der Waals surface area contributed by atoms with E-state index in [1.807, 2.05) is 4.57 Å². The van der Waals surface area contributed by atoms with Crippen LogP contribution in [0.3, 0.4) is 0 Å². The Hall–Kier alpha value is -0.700. The topological polar surface area (TPSA) is 22.0 Å². The number of halogens is 3. The van der Waals surface area contributed by atoms with Crippen LogP contribution in [0.2, 0.25) is 15.2 Å². The largest absolute Gasteiger partial charge is 0.330 e. The molecular formula is C13H12Cl3NO. The van der Waals surface area contributed by atoms with Gasteiger partial charge in [-0.15, -0.1) is 0 Å². The fourth-order valence-electron chi connectivity index (χ4n) is 2.01. The lowest BCUT2D eigenvalue weighted by molar-refractivity contribution is 0.112. The first-order valence-corrected chi connectivity index (χ1v) is 6.86. The Morgan fingerprint density at radius 3 is 2.61 bits per heavy atom. The third-order valence-electron chi connectivity index (χ3n) is 2.94. The van der Waals surface area contributed by atoms with Gasteiger partial charge in [0.25, 0.3) is 0 Å². The molecule has 1 heterocycles. The summed E-state index contributed by atoms with van der Waals surface area (Å²) in [5.41, 5.74) is 1.21. The van der Waals surface area contributed by atoms with E-state index in [0.29, 0.717) is 20.8 Å². The number of unbranched alkanes of at least 4 members (excludes halogenated alkanes) is 1. The molecule has 0 saturated carbocycles. The van der Waals surface area contributed by atoms with Gasteiger partial charge in [-0.25, -0.2) is 0 Å². The molecule has 0 amide bonds. The summed E-state index contributed by atoms with van der Waals surface area (Å²) in [7, 11) is 0. The van der Waals surface area contributed by atoms with Crippen LogP contribution >= 0.6 is 34.8 Å². The highest BCUT2D eigenvalue weighted by atomic mass is 35.5. The third-order valence-corrected chi connectivity index (χ3v) is 4.14. The predicted molar refractivity (Wildman–Crippen MR) is 77.3 cm³/mol. The van der Waals surface area contributed by atoms with Crippen LogP contribution in [0, 0.1) is 0 Å². The van der Waals surface area contributed by atoms with Crippen molar-refractivity contribution in [3.05, 3.63) is 32.9 Å². The summed E-state index contributed by atoms with van der Waals surface area (Å²) in [5, 5.41) is 2.09. The van der Waals surface area contributed by atoms with Gasteiger partial charge < -0.3 is 4.57 Å². The number of hydrogen-bond donors (Lipinski definition) is 0. The number of aldehydes is 1. The van der Waals surface area contributed by atoms with Gasteiger partial charge >= 0.3 is 0 Å². The first-order valence-electron chi connectivity index (χ1n) is 5.72. The lowest BCUT2D eigenvalue weighted by atomic mass is 10.2. The number of nitrogens with zero attached hydrogens (tertiary/aromatic N) is 1. The molecule has 0 spiro atoms. The Bertz CT molecular complexity index is 604. The molecular weight excluding hydrogens is 293 g/mol. The Morgan fingerprint density at radius 2 is 2.00 bits per heavy atom. The standard InChI is InChI=1S/C13H12Cl3NO/c1-2-3-6-17-12-8(9(7-18)13(17)16)4-5-10(14)11(12)15/h4-5,7H,2-3,6H2,1H3. The van der Waals surface area contributed by atoms with Crippen molar-refractivity contribution in [2.75, 3.05) is 0 Å². The van der Waals surface area contributed by atoms with E-state index in [1.54, 1.807) is 12.1 Å². The van der Waals surface area contributed by atoms with Crippen molar-refractivity contribution in [1.29, 1.82) is 0 Å². The Morgan fingerprint density at radius 1 is 1.28 bits per heavy atom. The van der Waals surface area contributed by atoms with Crippen LogP contribution in [0.1, 0.15) is 30.1 Å². The molecule has 0 aliphatic heterocycles. The SMILES string of the molecule is CCCCn1c(Cl)c(C=O)c2ccc(Cl)c(Cl)c21. The highest BCUT2D eigenvalue weighted by Gasteiger charge is 2.18. The second-order valence-corrected chi connectivity index (χ2v) is 5.23. The molecule has 0 unspecified atom stereocenters. The molecule has 0 fully saturated rings. The molecule has 0 radical (unpaired) electrons. The predicted octanol–water partition coefficient (Wildman–Crippen LogP) is 5.21. The molecule has 1 aromatic heterocycles. The number of carbonyl (C=O) groups excluding carboxylic acids is 1. The lowest BCUT2D eigenvalue weighted by Gasteiger charge is -2.07. The number of rotatable bonds is 4. The van der Waals surface area contributed by atoms with Gasteiger partial charge in [0.1, 0.15) is 5.15 Å². The van der Waals surface area contributed by atoms with Crippen LogP contribution < -0.4 is 0 Å². The highest BCUT2D eigenvalue weighted by molar-refractivity contribution is 6.46. The van der Waals surface area contributed by atoms with E-state index >= 15 is 0 Å². The average Bonchev–Trinajstić information content (AvgIpc) is 2.64. The zero-order chi connectivity index (χ0) is 13.3. The van der Waals surface area contributed by atoms with Gasteiger partial charge in [-0.2, -0.15) is 0 Å². The van der Waals surface area contributed by atoms with Crippen molar-refractivity contribution >= 4 is 52.0 Å². The van der Waals surface area contributed by atoms with Crippen LogP contribution in [-0.2, 0) is 6.54 Å². The molecule has 0 N–H and O–H groups in total. The molecule has 18 heavy (non-hydrogen) atoms. The highest BCUT2D eigenvalue weighted by Crippen LogP contribution is 2.37. The molecule has 2 nitrogen and oxygen atoms in total. The van der Waals surface area contributed by atoms with Crippen molar-refractivity contribution in [3.8, 4) is 0 Å². The summed E-state index contributed by atoms with van der Waals surface area (Å²) >= 11 is 18.5. The quantitative estimate of drug-likeness (QED) is 0.710. The van der Waals surface area contributed by atoms with E-state index in [0.717, 1.165) is 36.6 Å². The maximum atomic E-state index is 11.2. The maximum Gasteiger partial charge on any atom is 0.153 e. The smallest absolute Gasteiger partial charge is 0.153 e. The van der Waals surface area contributed by atoms with Crippen LogP contribution in [-0.4, -0.2) is 10.9 Å². The molecule has 96 valence electrons. The van der Waals surface area contributed by atoms with Crippen molar-refractivity contribution in [1.82, 2.24) is 4.57 Å². The van der Waals surface area contributed by atoms with E-state index < -0.39 is 0 Å². The van der Waals surface area contributed by atoms with Crippen molar-refractivity contribution in [2.24, 2.45) is 0 Å². The van der Waals surface area contributed by atoms with Crippen LogP contribution in [0.15, 0.2) is 12.1 Å². The van der Waals surface area contributed by atoms with E-state index in [4.69, 9.17) is 34.8 Å². The Kier molecular flexibility index (Phi) is 4.21. The molecule has 1 aromatic carbocycles. The van der Waals surface area contributed by atoms with Gasteiger partial charge in [0.05, 0.1) is 21.1 Å². The summed E-state index contributed by atoms with van der Waals surface area (Å²) in [5.74, 6) is 0. The fraction of sp³-hybridized carbons (Fsp3) is 0.308. The van der Waals surface area contributed by atoms with Crippen LogP contribution in [0.4, 0.5) is 0 Å². The summed E-state index contributed by atoms with van der Waals surface area (Å²) in [6.45, 7) is 2.81. The molecule has 0 aliphatic carbocycles. The molecule has 2 rings (SSSR count). The van der Waals surface area contributed by atoms with Gasteiger partial charge in [-0.05, 0) is 12.5 Å². The third kappa shape index (κ3) is 2.13. The van der Waals surface area contributed by atoms with Crippen molar-refractivity contribution < 1.29 is 4.79 Å². The lowest BCUT2D eigenvalue weighted by Crippen LogP contribution is -1.98. The Balaban J connectivity index is 2.77.